The first kappa shape index (κ1) is 17.3. The maximum atomic E-state index is 12.8. The van der Waals surface area contributed by atoms with E-state index in [1.165, 1.54) is 4.90 Å². The zero-order valence-electron chi connectivity index (χ0n) is 14.4. The summed E-state index contributed by atoms with van der Waals surface area (Å²) in [7, 11) is 0. The maximum absolute atomic E-state index is 12.8. The average Bonchev–Trinajstić information content (AvgIpc) is 3.04. The Morgan fingerprint density at radius 1 is 1.12 bits per heavy atom. The van der Waals surface area contributed by atoms with Crippen LogP contribution in [0.1, 0.15) is 34.6 Å². The third kappa shape index (κ3) is 3.77. The molecule has 1 N–H and O–H groups in total. The number of carbonyl (C=O) groups excluding carboxylic acids is 1. The first-order valence-electron chi connectivity index (χ1n) is 8.06. The van der Waals surface area contributed by atoms with Gasteiger partial charge in [-0.05, 0) is 37.8 Å². The molecule has 0 fully saturated rings. The van der Waals surface area contributed by atoms with Crippen molar-refractivity contribution in [3.05, 3.63) is 71.5 Å². The van der Waals surface area contributed by atoms with Crippen LogP contribution >= 0.6 is 11.8 Å². The Hall–Kier alpha value is -2.53. The van der Waals surface area contributed by atoms with Gasteiger partial charge in [-0.15, -0.1) is 11.8 Å². The van der Waals surface area contributed by atoms with Crippen LogP contribution in [0.5, 0.6) is 0 Å². The fraction of sp³-hybridized carbons (Fsp3) is 0.200. The summed E-state index contributed by atoms with van der Waals surface area (Å²) in [5.41, 5.74) is 2.97. The first-order valence-corrected chi connectivity index (χ1v) is 9.29. The van der Waals surface area contributed by atoms with Crippen LogP contribution in [-0.2, 0) is 0 Å². The van der Waals surface area contributed by atoms with Gasteiger partial charge in [0.1, 0.15) is 17.0 Å². The normalized spacial score (nSPS) is 12.0. The second kappa shape index (κ2) is 7.57. The highest BCUT2D eigenvalue weighted by molar-refractivity contribution is 7.98. The third-order valence-electron chi connectivity index (χ3n) is 4.10. The minimum Gasteiger partial charge on any atom is -0.360 e. The molecular formula is C20H20N2O2S. The molecule has 4 nitrogen and oxygen atoms in total. The average molecular weight is 352 g/mol. The summed E-state index contributed by atoms with van der Waals surface area (Å²) in [4.78, 5) is 14.0. The largest absolute Gasteiger partial charge is 0.360 e. The highest BCUT2D eigenvalue weighted by atomic mass is 32.2. The highest BCUT2D eigenvalue weighted by Gasteiger charge is 2.22. The Morgan fingerprint density at radius 2 is 1.80 bits per heavy atom. The monoisotopic (exact) mass is 352 g/mol. The molecule has 0 bridgehead atoms. The molecule has 1 unspecified atom stereocenters. The first-order chi connectivity index (χ1) is 12.1. The molecule has 2 aromatic carbocycles. The Labute approximate surface area is 151 Å². The smallest absolute Gasteiger partial charge is 0.257 e. The molecule has 1 amide bonds. The Balaban J connectivity index is 1.82. The van der Waals surface area contributed by atoms with Gasteiger partial charge >= 0.3 is 0 Å². The summed E-state index contributed by atoms with van der Waals surface area (Å²) in [6.45, 7) is 3.73. The summed E-state index contributed by atoms with van der Waals surface area (Å²) in [5, 5.41) is 7.11. The van der Waals surface area contributed by atoms with Crippen LogP contribution in [0, 0.1) is 6.92 Å². The number of amides is 1. The van der Waals surface area contributed by atoms with Crippen molar-refractivity contribution in [1.29, 1.82) is 0 Å². The van der Waals surface area contributed by atoms with E-state index in [-0.39, 0.29) is 11.9 Å². The van der Waals surface area contributed by atoms with E-state index in [0.29, 0.717) is 17.0 Å². The van der Waals surface area contributed by atoms with Crippen LogP contribution < -0.4 is 5.32 Å². The number of nitrogens with one attached hydrogen (secondary N) is 1. The molecule has 1 atom stereocenters. The number of hydrogen-bond acceptors (Lipinski definition) is 4. The number of benzene rings is 2. The predicted octanol–water partition coefficient (Wildman–Crippen LogP) is 4.86. The Bertz CT molecular complexity index is 857. The third-order valence-corrected chi connectivity index (χ3v) is 4.84. The van der Waals surface area contributed by atoms with Crippen molar-refractivity contribution in [1.82, 2.24) is 10.5 Å². The van der Waals surface area contributed by atoms with Gasteiger partial charge in [-0.1, -0.05) is 47.6 Å². The number of nitrogens with zero attached hydrogens (tertiary/aromatic N) is 1. The molecule has 25 heavy (non-hydrogen) atoms. The molecule has 0 radical (unpaired) electrons. The lowest BCUT2D eigenvalue weighted by atomic mass is 10.0. The van der Waals surface area contributed by atoms with Gasteiger partial charge in [-0.3, -0.25) is 4.79 Å². The second-order valence-electron chi connectivity index (χ2n) is 5.80. The van der Waals surface area contributed by atoms with Gasteiger partial charge in [-0.2, -0.15) is 0 Å². The second-order valence-corrected chi connectivity index (χ2v) is 6.68. The summed E-state index contributed by atoms with van der Waals surface area (Å²) in [5.74, 6) is 0.334. The van der Waals surface area contributed by atoms with Crippen molar-refractivity contribution in [2.24, 2.45) is 0 Å². The van der Waals surface area contributed by atoms with Crippen LogP contribution in [0.15, 0.2) is 64.0 Å². The molecule has 0 saturated heterocycles. The van der Waals surface area contributed by atoms with Gasteiger partial charge < -0.3 is 9.84 Å². The zero-order valence-corrected chi connectivity index (χ0v) is 15.3. The van der Waals surface area contributed by atoms with Crippen LogP contribution in [0.4, 0.5) is 0 Å². The van der Waals surface area contributed by atoms with Gasteiger partial charge in [0.2, 0.25) is 0 Å². The Kier molecular flexibility index (Phi) is 5.24. The van der Waals surface area contributed by atoms with Gasteiger partial charge in [0.15, 0.2) is 0 Å². The molecule has 3 rings (SSSR count). The van der Waals surface area contributed by atoms with Gasteiger partial charge in [0.25, 0.3) is 5.91 Å². The standard InChI is InChI=1S/C20H20N2O2S/c1-13(15-9-11-17(25-3)12-10-15)21-20(23)18-14(2)24-22-19(18)16-7-5-4-6-8-16/h4-13H,1-3H3,(H,21,23). The minimum atomic E-state index is -0.181. The number of rotatable bonds is 5. The van der Waals surface area contributed by atoms with Crippen molar-refractivity contribution in [3.63, 3.8) is 0 Å². The van der Waals surface area contributed by atoms with Crippen LogP contribution in [-0.4, -0.2) is 17.3 Å². The molecule has 0 aliphatic rings. The lowest BCUT2D eigenvalue weighted by Crippen LogP contribution is -2.27. The van der Waals surface area contributed by atoms with E-state index >= 15 is 0 Å². The van der Waals surface area contributed by atoms with Crippen molar-refractivity contribution in [2.45, 2.75) is 24.8 Å². The summed E-state index contributed by atoms with van der Waals surface area (Å²) >= 11 is 1.69. The molecule has 0 aliphatic carbocycles. The van der Waals surface area contributed by atoms with Crippen LogP contribution in [0.25, 0.3) is 11.3 Å². The van der Waals surface area contributed by atoms with E-state index in [1.807, 2.05) is 55.6 Å². The van der Waals surface area contributed by atoms with E-state index in [1.54, 1.807) is 18.7 Å². The summed E-state index contributed by atoms with van der Waals surface area (Å²) in [6, 6.07) is 17.7. The summed E-state index contributed by atoms with van der Waals surface area (Å²) < 4.78 is 5.28. The van der Waals surface area contributed by atoms with Crippen molar-refractivity contribution >= 4 is 17.7 Å². The number of hydrogen-bond donors (Lipinski definition) is 1. The van der Waals surface area contributed by atoms with Gasteiger partial charge in [0.05, 0.1) is 6.04 Å². The molecule has 0 spiro atoms. The quantitative estimate of drug-likeness (QED) is 0.666. The predicted molar refractivity (Wildman–Crippen MR) is 101 cm³/mol. The fourth-order valence-corrected chi connectivity index (χ4v) is 3.09. The number of aryl methyl sites for hydroxylation is 1. The van der Waals surface area contributed by atoms with Gasteiger partial charge in [0, 0.05) is 10.5 Å². The van der Waals surface area contributed by atoms with Crippen molar-refractivity contribution in [2.75, 3.05) is 6.26 Å². The van der Waals surface area contributed by atoms with Crippen LogP contribution in [0.2, 0.25) is 0 Å². The van der Waals surface area contributed by atoms with E-state index < -0.39 is 0 Å². The fourth-order valence-electron chi connectivity index (χ4n) is 2.68. The number of aromatic nitrogens is 1. The van der Waals surface area contributed by atoms with Gasteiger partial charge in [-0.25, -0.2) is 0 Å². The lowest BCUT2D eigenvalue weighted by molar-refractivity contribution is 0.0939. The zero-order chi connectivity index (χ0) is 17.8. The Morgan fingerprint density at radius 3 is 2.44 bits per heavy atom. The van der Waals surface area contributed by atoms with Crippen molar-refractivity contribution < 1.29 is 9.32 Å². The number of carbonyl (C=O) groups is 1. The van der Waals surface area contributed by atoms with Crippen LogP contribution in [0.3, 0.4) is 0 Å². The van der Waals surface area contributed by atoms with Crippen molar-refractivity contribution in [3.8, 4) is 11.3 Å². The molecule has 128 valence electrons. The van der Waals surface area contributed by atoms with E-state index in [0.717, 1.165) is 11.1 Å². The molecule has 1 heterocycles. The molecule has 5 heteroatoms. The minimum absolute atomic E-state index is 0.110. The lowest BCUT2D eigenvalue weighted by Gasteiger charge is -2.15. The number of thioether (sulfide) groups is 1. The molecular weight excluding hydrogens is 332 g/mol. The topological polar surface area (TPSA) is 55.1 Å². The molecule has 3 aromatic rings. The molecule has 0 aliphatic heterocycles. The van der Waals surface area contributed by atoms with E-state index in [2.05, 4.69) is 22.6 Å². The maximum Gasteiger partial charge on any atom is 0.257 e. The molecule has 1 aromatic heterocycles. The van der Waals surface area contributed by atoms with E-state index in [4.69, 9.17) is 4.52 Å². The highest BCUT2D eigenvalue weighted by Crippen LogP contribution is 2.26. The van der Waals surface area contributed by atoms with E-state index in [9.17, 15) is 4.79 Å². The molecule has 0 saturated carbocycles. The SMILES string of the molecule is CSc1ccc(C(C)NC(=O)c2c(-c3ccccc3)noc2C)cc1. The summed E-state index contributed by atoms with van der Waals surface area (Å²) in [6.07, 6.45) is 2.04.